The number of rotatable bonds is 4. The van der Waals surface area contributed by atoms with Crippen LogP contribution in [0, 0.1) is 11.6 Å². The van der Waals surface area contributed by atoms with Crippen LogP contribution in [0.3, 0.4) is 0 Å². The molecule has 1 atom stereocenters. The van der Waals surface area contributed by atoms with Crippen LogP contribution in [0.5, 0.6) is 11.5 Å². The first-order chi connectivity index (χ1) is 12.3. The maximum Gasteiger partial charge on any atom is 0.339 e. The van der Waals surface area contributed by atoms with Gasteiger partial charge < -0.3 is 19.5 Å². The highest BCUT2D eigenvalue weighted by atomic mass is 35.5. The summed E-state index contributed by atoms with van der Waals surface area (Å²) in [5, 5.41) is 2.50. The SMILES string of the molecule is C[C@H](OC(=O)c1cc(Cl)c2c(c1)OCO2)C(=O)Nc1ccc(F)c(F)c1. The van der Waals surface area contributed by atoms with Gasteiger partial charge in [-0.2, -0.15) is 0 Å². The van der Waals surface area contributed by atoms with Gasteiger partial charge in [0.05, 0.1) is 10.6 Å². The van der Waals surface area contributed by atoms with E-state index in [1.807, 2.05) is 0 Å². The highest BCUT2D eigenvalue weighted by Gasteiger charge is 2.24. The molecule has 1 heterocycles. The Morgan fingerprint density at radius 3 is 2.69 bits per heavy atom. The van der Waals surface area contributed by atoms with E-state index in [0.717, 1.165) is 12.1 Å². The standard InChI is InChI=1S/C17H12ClF2NO5/c1-8(16(22)21-10-2-3-12(19)13(20)6-10)26-17(23)9-4-11(18)15-14(5-9)24-7-25-15/h2-6,8H,7H2,1H3,(H,21,22)/t8-/m0/s1. The fourth-order valence-corrected chi connectivity index (χ4v) is 2.45. The zero-order valence-corrected chi connectivity index (χ0v) is 14.1. The molecule has 0 fully saturated rings. The van der Waals surface area contributed by atoms with Crippen LogP contribution in [-0.2, 0) is 9.53 Å². The van der Waals surface area contributed by atoms with E-state index in [2.05, 4.69) is 5.32 Å². The zero-order valence-electron chi connectivity index (χ0n) is 13.3. The Labute approximate surface area is 151 Å². The summed E-state index contributed by atoms with van der Waals surface area (Å²) >= 11 is 5.99. The number of halogens is 3. The summed E-state index contributed by atoms with van der Waals surface area (Å²) in [6.45, 7) is 1.32. The number of amides is 1. The molecule has 0 saturated heterocycles. The van der Waals surface area contributed by atoms with E-state index < -0.39 is 29.6 Å². The summed E-state index contributed by atoms with van der Waals surface area (Å²) in [7, 11) is 0. The summed E-state index contributed by atoms with van der Waals surface area (Å²) in [6, 6.07) is 5.59. The van der Waals surface area contributed by atoms with Gasteiger partial charge in [0.2, 0.25) is 6.79 Å². The average molecular weight is 384 g/mol. The molecule has 1 aliphatic rings. The van der Waals surface area contributed by atoms with Crippen LogP contribution in [0.15, 0.2) is 30.3 Å². The Kier molecular flexibility index (Phi) is 4.94. The number of nitrogens with one attached hydrogen (secondary N) is 1. The first-order valence-electron chi connectivity index (χ1n) is 7.41. The normalized spacial score (nSPS) is 13.2. The van der Waals surface area contributed by atoms with Crippen molar-refractivity contribution < 1.29 is 32.6 Å². The van der Waals surface area contributed by atoms with Gasteiger partial charge in [-0.3, -0.25) is 4.79 Å². The van der Waals surface area contributed by atoms with E-state index in [1.54, 1.807) is 0 Å². The van der Waals surface area contributed by atoms with Crippen molar-refractivity contribution in [2.45, 2.75) is 13.0 Å². The third-order valence-electron chi connectivity index (χ3n) is 3.50. The lowest BCUT2D eigenvalue weighted by Crippen LogP contribution is -2.30. The highest BCUT2D eigenvalue weighted by molar-refractivity contribution is 6.32. The summed E-state index contributed by atoms with van der Waals surface area (Å²) in [6.07, 6.45) is -1.19. The van der Waals surface area contributed by atoms with Crippen LogP contribution in [0.1, 0.15) is 17.3 Å². The lowest BCUT2D eigenvalue weighted by molar-refractivity contribution is -0.123. The second-order valence-corrected chi connectivity index (χ2v) is 5.76. The number of hydrogen-bond acceptors (Lipinski definition) is 5. The molecule has 0 aliphatic carbocycles. The molecule has 136 valence electrons. The van der Waals surface area contributed by atoms with Crippen molar-refractivity contribution in [2.24, 2.45) is 0 Å². The number of fused-ring (bicyclic) bond motifs is 1. The Morgan fingerprint density at radius 1 is 1.19 bits per heavy atom. The van der Waals surface area contributed by atoms with Crippen LogP contribution < -0.4 is 14.8 Å². The topological polar surface area (TPSA) is 73.9 Å². The number of carbonyl (C=O) groups excluding carboxylic acids is 2. The molecule has 26 heavy (non-hydrogen) atoms. The van der Waals surface area contributed by atoms with Crippen molar-refractivity contribution in [3.8, 4) is 11.5 Å². The minimum absolute atomic E-state index is 0.0133. The van der Waals surface area contributed by atoms with Gasteiger partial charge >= 0.3 is 5.97 Å². The van der Waals surface area contributed by atoms with Crippen molar-refractivity contribution in [1.82, 2.24) is 0 Å². The molecule has 1 aliphatic heterocycles. The lowest BCUT2D eigenvalue weighted by atomic mass is 10.2. The van der Waals surface area contributed by atoms with Crippen LogP contribution in [0.4, 0.5) is 14.5 Å². The minimum atomic E-state index is -1.19. The maximum atomic E-state index is 13.2. The molecular formula is C17H12ClF2NO5. The van der Waals surface area contributed by atoms with Crippen LogP contribution >= 0.6 is 11.6 Å². The van der Waals surface area contributed by atoms with Gasteiger partial charge in [0, 0.05) is 11.8 Å². The molecule has 2 aromatic rings. The molecule has 0 spiro atoms. The van der Waals surface area contributed by atoms with E-state index >= 15 is 0 Å². The van der Waals surface area contributed by atoms with Crippen molar-refractivity contribution in [2.75, 3.05) is 12.1 Å². The summed E-state index contributed by atoms with van der Waals surface area (Å²) in [4.78, 5) is 24.3. The van der Waals surface area contributed by atoms with E-state index in [0.29, 0.717) is 11.5 Å². The Bertz CT molecular complexity index is 890. The molecule has 9 heteroatoms. The fraction of sp³-hybridized carbons (Fsp3) is 0.176. The second-order valence-electron chi connectivity index (χ2n) is 5.36. The molecule has 0 saturated carbocycles. The lowest BCUT2D eigenvalue weighted by Gasteiger charge is -2.14. The van der Waals surface area contributed by atoms with Gasteiger partial charge in [0.15, 0.2) is 29.2 Å². The third-order valence-corrected chi connectivity index (χ3v) is 3.78. The van der Waals surface area contributed by atoms with Gasteiger partial charge in [-0.15, -0.1) is 0 Å². The Hall–Kier alpha value is -2.87. The Morgan fingerprint density at radius 2 is 1.96 bits per heavy atom. The largest absolute Gasteiger partial charge is 0.454 e. The summed E-state index contributed by atoms with van der Waals surface area (Å²) in [5.74, 6) is -3.05. The Balaban J connectivity index is 1.66. The van der Waals surface area contributed by atoms with Crippen molar-refractivity contribution in [1.29, 1.82) is 0 Å². The number of carbonyl (C=O) groups is 2. The van der Waals surface area contributed by atoms with Gasteiger partial charge in [0.1, 0.15) is 0 Å². The van der Waals surface area contributed by atoms with Crippen LogP contribution in [0.25, 0.3) is 0 Å². The van der Waals surface area contributed by atoms with E-state index in [4.69, 9.17) is 25.8 Å². The molecule has 1 amide bonds. The quantitative estimate of drug-likeness (QED) is 0.818. The molecular weight excluding hydrogens is 372 g/mol. The van der Waals surface area contributed by atoms with Gasteiger partial charge in [-0.25, -0.2) is 13.6 Å². The zero-order chi connectivity index (χ0) is 18.8. The maximum absolute atomic E-state index is 13.2. The molecule has 0 unspecified atom stereocenters. The predicted octanol–water partition coefficient (Wildman–Crippen LogP) is 3.53. The van der Waals surface area contributed by atoms with E-state index in [-0.39, 0.29) is 23.1 Å². The van der Waals surface area contributed by atoms with Gasteiger partial charge in [-0.1, -0.05) is 11.6 Å². The van der Waals surface area contributed by atoms with Crippen LogP contribution in [-0.4, -0.2) is 24.8 Å². The van der Waals surface area contributed by atoms with Crippen molar-refractivity contribution in [3.05, 3.63) is 52.6 Å². The number of anilines is 1. The van der Waals surface area contributed by atoms with E-state index in [9.17, 15) is 18.4 Å². The van der Waals surface area contributed by atoms with Crippen molar-refractivity contribution >= 4 is 29.2 Å². The second kappa shape index (κ2) is 7.17. The molecule has 2 aromatic carbocycles. The first kappa shape index (κ1) is 17.9. The van der Waals surface area contributed by atoms with Gasteiger partial charge in [0.25, 0.3) is 5.91 Å². The predicted molar refractivity (Wildman–Crippen MR) is 87.4 cm³/mol. The minimum Gasteiger partial charge on any atom is -0.454 e. The van der Waals surface area contributed by atoms with Gasteiger partial charge in [-0.05, 0) is 31.2 Å². The molecule has 3 rings (SSSR count). The molecule has 6 nitrogen and oxygen atoms in total. The molecule has 0 radical (unpaired) electrons. The van der Waals surface area contributed by atoms with Crippen LogP contribution in [0.2, 0.25) is 5.02 Å². The number of ether oxygens (including phenoxy) is 3. The summed E-state index contributed by atoms with van der Waals surface area (Å²) < 4.78 is 41.4. The fourth-order valence-electron chi connectivity index (χ4n) is 2.19. The highest BCUT2D eigenvalue weighted by Crippen LogP contribution is 2.39. The van der Waals surface area contributed by atoms with Crippen molar-refractivity contribution in [3.63, 3.8) is 0 Å². The number of esters is 1. The summed E-state index contributed by atoms with van der Waals surface area (Å²) in [5.41, 5.74) is 0.106. The first-order valence-corrected chi connectivity index (χ1v) is 7.79. The molecule has 1 N–H and O–H groups in total. The smallest absolute Gasteiger partial charge is 0.339 e. The molecule has 0 aromatic heterocycles. The number of hydrogen-bond donors (Lipinski definition) is 1. The monoisotopic (exact) mass is 383 g/mol. The number of benzene rings is 2. The average Bonchev–Trinajstić information content (AvgIpc) is 3.07. The van der Waals surface area contributed by atoms with E-state index in [1.165, 1.54) is 25.1 Å². The third kappa shape index (κ3) is 3.70. The molecule has 0 bridgehead atoms.